The van der Waals surface area contributed by atoms with E-state index in [-0.39, 0.29) is 23.2 Å². The molecule has 6 nitrogen and oxygen atoms in total. The number of hydrogen-bond donors (Lipinski definition) is 2. The maximum Gasteiger partial charge on any atom is 0.274 e. The van der Waals surface area contributed by atoms with Crippen molar-refractivity contribution in [3.8, 4) is 0 Å². The molecule has 0 aliphatic heterocycles. The van der Waals surface area contributed by atoms with Crippen LogP contribution in [0.3, 0.4) is 0 Å². The summed E-state index contributed by atoms with van der Waals surface area (Å²) in [6.07, 6.45) is 0. The predicted molar refractivity (Wildman–Crippen MR) is 94.3 cm³/mol. The minimum absolute atomic E-state index is 0.204. The van der Waals surface area contributed by atoms with Crippen molar-refractivity contribution in [2.45, 2.75) is 6.92 Å². The van der Waals surface area contributed by atoms with Gasteiger partial charge >= 0.3 is 0 Å². The molecular formula is C18H22N4O2. The van der Waals surface area contributed by atoms with Crippen LogP contribution in [0.15, 0.2) is 42.5 Å². The Morgan fingerprint density at radius 2 is 1.62 bits per heavy atom. The molecule has 6 heteroatoms. The van der Waals surface area contributed by atoms with E-state index in [9.17, 15) is 9.59 Å². The number of nitrogens with zero attached hydrogens (tertiary/aromatic N) is 2. The number of anilines is 1. The molecule has 24 heavy (non-hydrogen) atoms. The van der Waals surface area contributed by atoms with Gasteiger partial charge in [-0.2, -0.15) is 0 Å². The van der Waals surface area contributed by atoms with Crippen molar-refractivity contribution in [3.05, 3.63) is 59.4 Å². The molecular weight excluding hydrogens is 304 g/mol. The van der Waals surface area contributed by atoms with Gasteiger partial charge < -0.3 is 15.5 Å². The lowest BCUT2D eigenvalue weighted by Crippen LogP contribution is -2.32. The minimum atomic E-state index is -0.346. The molecule has 0 aliphatic rings. The molecule has 0 bridgehead atoms. The number of amides is 2. The summed E-state index contributed by atoms with van der Waals surface area (Å²) in [7, 11) is 3.86. The average molecular weight is 326 g/mol. The average Bonchev–Trinajstić information content (AvgIpc) is 2.56. The second-order valence-corrected chi connectivity index (χ2v) is 5.79. The van der Waals surface area contributed by atoms with E-state index in [0.717, 1.165) is 12.1 Å². The van der Waals surface area contributed by atoms with Gasteiger partial charge in [0.25, 0.3) is 11.8 Å². The van der Waals surface area contributed by atoms with Crippen molar-refractivity contribution in [2.75, 3.05) is 32.5 Å². The summed E-state index contributed by atoms with van der Waals surface area (Å²) in [6.45, 7) is 3.23. The smallest absolute Gasteiger partial charge is 0.274 e. The van der Waals surface area contributed by atoms with Gasteiger partial charge in [0.05, 0.1) is 0 Å². The van der Waals surface area contributed by atoms with Crippen molar-refractivity contribution >= 4 is 17.5 Å². The molecule has 0 saturated carbocycles. The number of likely N-dealkylation sites (N-methyl/N-ethyl adjacent to an activating group) is 1. The second kappa shape index (κ2) is 8.21. The lowest BCUT2D eigenvalue weighted by atomic mass is 10.2. The molecule has 0 radical (unpaired) electrons. The van der Waals surface area contributed by atoms with E-state index in [0.29, 0.717) is 12.2 Å². The van der Waals surface area contributed by atoms with E-state index in [1.165, 1.54) is 0 Å². The summed E-state index contributed by atoms with van der Waals surface area (Å²) < 4.78 is 0. The largest absolute Gasteiger partial charge is 0.349 e. The van der Waals surface area contributed by atoms with Crippen molar-refractivity contribution < 1.29 is 9.59 Å². The van der Waals surface area contributed by atoms with Crippen LogP contribution in [0.1, 0.15) is 26.5 Å². The molecule has 126 valence electrons. The highest BCUT2D eigenvalue weighted by molar-refractivity contribution is 6.03. The first-order valence-electron chi connectivity index (χ1n) is 7.74. The summed E-state index contributed by atoms with van der Waals surface area (Å²) in [5.41, 5.74) is 2.23. The summed E-state index contributed by atoms with van der Waals surface area (Å²) in [4.78, 5) is 30.5. The van der Waals surface area contributed by atoms with Crippen LogP contribution in [0.5, 0.6) is 0 Å². The Labute approximate surface area is 141 Å². The first-order chi connectivity index (χ1) is 11.5. The fraction of sp³-hybridized carbons (Fsp3) is 0.278. The highest BCUT2D eigenvalue weighted by atomic mass is 16.2. The Balaban J connectivity index is 2.02. The number of hydrogen-bond acceptors (Lipinski definition) is 4. The summed E-state index contributed by atoms with van der Waals surface area (Å²) in [5.74, 6) is -0.636. The molecule has 0 unspecified atom stereocenters. The zero-order valence-corrected chi connectivity index (χ0v) is 14.2. The number of carbonyl (C=O) groups excluding carboxylic acids is 2. The second-order valence-electron chi connectivity index (χ2n) is 5.79. The predicted octanol–water partition coefficient (Wildman–Crippen LogP) is 1.93. The van der Waals surface area contributed by atoms with Crippen molar-refractivity contribution in [1.82, 2.24) is 15.2 Å². The van der Waals surface area contributed by atoms with Gasteiger partial charge in [0, 0.05) is 18.8 Å². The summed E-state index contributed by atoms with van der Waals surface area (Å²) >= 11 is 0. The van der Waals surface area contributed by atoms with Gasteiger partial charge in [0.15, 0.2) is 0 Å². The minimum Gasteiger partial charge on any atom is -0.349 e. The van der Waals surface area contributed by atoms with Crippen LogP contribution >= 0.6 is 0 Å². The van der Waals surface area contributed by atoms with Gasteiger partial charge in [-0.3, -0.25) is 9.59 Å². The molecule has 0 saturated heterocycles. The van der Waals surface area contributed by atoms with E-state index < -0.39 is 0 Å². The highest BCUT2D eigenvalue weighted by Crippen LogP contribution is 2.10. The van der Waals surface area contributed by atoms with Gasteiger partial charge in [-0.05, 0) is 45.3 Å². The van der Waals surface area contributed by atoms with E-state index in [4.69, 9.17) is 0 Å². The van der Waals surface area contributed by atoms with Crippen LogP contribution in [-0.2, 0) is 0 Å². The number of aromatic nitrogens is 1. The van der Waals surface area contributed by atoms with Crippen molar-refractivity contribution in [3.63, 3.8) is 0 Å². The first-order valence-corrected chi connectivity index (χ1v) is 7.74. The normalized spacial score (nSPS) is 10.5. The number of aryl methyl sites for hydroxylation is 1. The van der Waals surface area contributed by atoms with Gasteiger partial charge in [-0.15, -0.1) is 0 Å². The molecule has 2 N–H and O–H groups in total. The Bertz CT molecular complexity index is 711. The fourth-order valence-electron chi connectivity index (χ4n) is 2.00. The molecule has 2 rings (SSSR count). The molecule has 1 aromatic carbocycles. The summed E-state index contributed by atoms with van der Waals surface area (Å²) in [5, 5.41) is 5.55. The number of benzene rings is 1. The highest BCUT2D eigenvalue weighted by Gasteiger charge is 2.12. The zero-order chi connectivity index (χ0) is 17.5. The van der Waals surface area contributed by atoms with Gasteiger partial charge in [-0.25, -0.2) is 4.98 Å². The number of pyridine rings is 1. The van der Waals surface area contributed by atoms with E-state index in [2.05, 4.69) is 15.6 Å². The SMILES string of the molecule is Cc1ccc(NC(=O)c2cccc(C(=O)NCCN(C)C)n2)cc1. The number of nitrogens with one attached hydrogen (secondary N) is 2. The van der Waals surface area contributed by atoms with E-state index in [1.54, 1.807) is 18.2 Å². The van der Waals surface area contributed by atoms with Crippen LogP contribution in [0, 0.1) is 6.92 Å². The Morgan fingerprint density at radius 1 is 1.00 bits per heavy atom. The first kappa shape index (κ1) is 17.6. The maximum atomic E-state index is 12.3. The van der Waals surface area contributed by atoms with E-state index in [1.807, 2.05) is 50.2 Å². The third kappa shape index (κ3) is 5.17. The number of rotatable bonds is 6. The lowest BCUT2D eigenvalue weighted by Gasteiger charge is -2.10. The van der Waals surface area contributed by atoms with Gasteiger partial charge in [0.1, 0.15) is 11.4 Å². The van der Waals surface area contributed by atoms with Gasteiger partial charge in [-0.1, -0.05) is 23.8 Å². The Kier molecular flexibility index (Phi) is 6.03. The van der Waals surface area contributed by atoms with Crippen LogP contribution in [0.25, 0.3) is 0 Å². The Hall–Kier alpha value is -2.73. The Morgan fingerprint density at radius 3 is 2.25 bits per heavy atom. The van der Waals surface area contributed by atoms with Crippen LogP contribution in [-0.4, -0.2) is 48.9 Å². The van der Waals surface area contributed by atoms with Gasteiger partial charge in [0.2, 0.25) is 0 Å². The molecule has 0 fully saturated rings. The third-order valence-electron chi connectivity index (χ3n) is 3.37. The van der Waals surface area contributed by atoms with Crippen LogP contribution in [0.4, 0.5) is 5.69 Å². The quantitative estimate of drug-likeness (QED) is 0.851. The molecule has 2 aromatic rings. The van der Waals surface area contributed by atoms with Crippen LogP contribution < -0.4 is 10.6 Å². The molecule has 2 amide bonds. The topological polar surface area (TPSA) is 74.3 Å². The molecule has 1 aromatic heterocycles. The van der Waals surface area contributed by atoms with Crippen molar-refractivity contribution in [1.29, 1.82) is 0 Å². The maximum absolute atomic E-state index is 12.3. The zero-order valence-electron chi connectivity index (χ0n) is 14.2. The third-order valence-corrected chi connectivity index (χ3v) is 3.37. The number of carbonyl (C=O) groups is 2. The molecule has 1 heterocycles. The molecule has 0 aliphatic carbocycles. The van der Waals surface area contributed by atoms with Crippen molar-refractivity contribution in [2.24, 2.45) is 0 Å². The molecule has 0 spiro atoms. The standard InChI is InChI=1S/C18H22N4O2/c1-13-7-9-14(10-8-13)20-18(24)16-6-4-5-15(21-16)17(23)19-11-12-22(2)3/h4-10H,11-12H2,1-3H3,(H,19,23)(H,20,24). The van der Waals surface area contributed by atoms with E-state index >= 15 is 0 Å². The lowest BCUT2D eigenvalue weighted by molar-refractivity contribution is 0.0946. The fourth-order valence-corrected chi connectivity index (χ4v) is 2.00. The van der Waals surface area contributed by atoms with Crippen LogP contribution in [0.2, 0.25) is 0 Å². The molecule has 0 atom stereocenters. The summed E-state index contributed by atoms with van der Waals surface area (Å²) in [6, 6.07) is 12.3. The monoisotopic (exact) mass is 326 g/mol.